The summed E-state index contributed by atoms with van der Waals surface area (Å²) in [6.07, 6.45) is 3.37. The number of hydrogen-bond acceptors (Lipinski definition) is 7. The van der Waals surface area contributed by atoms with E-state index in [1.54, 1.807) is 19.5 Å². The molecule has 0 unspecified atom stereocenters. The molecule has 0 amide bonds. The number of aromatic nitrogens is 2. The predicted molar refractivity (Wildman–Crippen MR) is 111 cm³/mol. The number of methoxy groups -OCH3 is 1. The van der Waals surface area contributed by atoms with E-state index in [4.69, 9.17) is 14.5 Å². The van der Waals surface area contributed by atoms with Gasteiger partial charge in [-0.05, 0) is 23.8 Å². The molecule has 148 valence electrons. The molecule has 2 aliphatic rings. The fourth-order valence-electron chi connectivity index (χ4n) is 4.09. The molecule has 0 spiro atoms. The van der Waals surface area contributed by atoms with Gasteiger partial charge in [-0.3, -0.25) is 14.7 Å². The van der Waals surface area contributed by atoms with Crippen LogP contribution in [0.4, 0.5) is 5.82 Å². The van der Waals surface area contributed by atoms with Gasteiger partial charge in [0.1, 0.15) is 11.6 Å². The lowest BCUT2D eigenvalue weighted by atomic mass is 10.0. The zero-order chi connectivity index (χ0) is 19.8. The Hall–Kier alpha value is -3.03. The van der Waals surface area contributed by atoms with Crippen LogP contribution in [-0.2, 0) is 4.74 Å². The molecule has 2 aromatic heterocycles. The average Bonchev–Trinajstić information content (AvgIpc) is 3.07. The summed E-state index contributed by atoms with van der Waals surface area (Å²) >= 11 is 0. The molecule has 1 N–H and O–H groups in total. The van der Waals surface area contributed by atoms with Gasteiger partial charge in [-0.25, -0.2) is 4.98 Å². The molecule has 1 fully saturated rings. The molecule has 3 aromatic rings. The molecular formula is C22H22N4O3. The molecule has 0 bridgehead atoms. The first-order valence-electron chi connectivity index (χ1n) is 9.81. The van der Waals surface area contributed by atoms with E-state index >= 15 is 0 Å². The second-order valence-electron chi connectivity index (χ2n) is 7.22. The Morgan fingerprint density at radius 1 is 1.17 bits per heavy atom. The lowest BCUT2D eigenvalue weighted by molar-refractivity contribution is 0.0398. The Morgan fingerprint density at radius 2 is 2.03 bits per heavy atom. The first-order chi connectivity index (χ1) is 14.3. The molecule has 1 aliphatic carbocycles. The minimum atomic E-state index is -0.0257. The maximum Gasteiger partial charge on any atom is 0.199 e. The van der Waals surface area contributed by atoms with Crippen LogP contribution in [0.5, 0.6) is 5.75 Å². The molecule has 5 rings (SSSR count). The number of ether oxygens (including phenoxy) is 2. The number of nitrogens with zero attached hydrogens (tertiary/aromatic N) is 3. The Kier molecular flexibility index (Phi) is 4.61. The van der Waals surface area contributed by atoms with Gasteiger partial charge < -0.3 is 14.8 Å². The number of anilines is 1. The summed E-state index contributed by atoms with van der Waals surface area (Å²) < 4.78 is 10.8. The van der Waals surface area contributed by atoms with Crippen molar-refractivity contribution in [3.63, 3.8) is 0 Å². The molecule has 29 heavy (non-hydrogen) atoms. The van der Waals surface area contributed by atoms with Gasteiger partial charge in [-0.15, -0.1) is 0 Å². The van der Waals surface area contributed by atoms with Crippen LogP contribution in [0.15, 0.2) is 36.7 Å². The third kappa shape index (κ3) is 3.12. The molecule has 7 nitrogen and oxygen atoms in total. The van der Waals surface area contributed by atoms with Gasteiger partial charge in [0.25, 0.3) is 0 Å². The standard InChI is InChI=1S/C22H22N4O3/c1-28-14-2-3-16-18(12-14)25-22(24-6-7-26-8-10-29-11-9-26)20-19(16)15-4-5-23-13-17(15)21(20)27/h2-5,12-13H,6-11H2,1H3,(H,24,25). The lowest BCUT2D eigenvalue weighted by Gasteiger charge is -2.26. The van der Waals surface area contributed by atoms with Gasteiger partial charge in [0.15, 0.2) is 5.78 Å². The summed E-state index contributed by atoms with van der Waals surface area (Å²) in [6.45, 7) is 4.97. The summed E-state index contributed by atoms with van der Waals surface area (Å²) in [5.74, 6) is 1.33. The van der Waals surface area contributed by atoms with Gasteiger partial charge >= 0.3 is 0 Å². The van der Waals surface area contributed by atoms with E-state index in [0.29, 0.717) is 23.5 Å². The quantitative estimate of drug-likeness (QED) is 0.561. The van der Waals surface area contributed by atoms with Crippen LogP contribution >= 0.6 is 0 Å². The van der Waals surface area contributed by atoms with Crippen molar-refractivity contribution in [1.29, 1.82) is 0 Å². The summed E-state index contributed by atoms with van der Waals surface area (Å²) in [5.41, 5.74) is 3.90. The summed E-state index contributed by atoms with van der Waals surface area (Å²) in [5, 5.41) is 4.35. The van der Waals surface area contributed by atoms with Crippen LogP contribution in [-0.4, -0.2) is 67.2 Å². The average molecular weight is 390 g/mol. The third-order valence-corrected chi connectivity index (χ3v) is 5.58. The molecular weight excluding hydrogens is 368 g/mol. The molecule has 1 saturated heterocycles. The first kappa shape index (κ1) is 18.0. The topological polar surface area (TPSA) is 76.6 Å². The molecule has 1 aromatic carbocycles. The van der Waals surface area contributed by atoms with E-state index < -0.39 is 0 Å². The van der Waals surface area contributed by atoms with Crippen molar-refractivity contribution in [1.82, 2.24) is 14.9 Å². The normalized spacial score (nSPS) is 16.0. The van der Waals surface area contributed by atoms with Gasteiger partial charge in [-0.1, -0.05) is 0 Å². The number of fused-ring (bicyclic) bond motifs is 5. The van der Waals surface area contributed by atoms with Crippen molar-refractivity contribution < 1.29 is 14.3 Å². The lowest BCUT2D eigenvalue weighted by Crippen LogP contribution is -2.39. The second kappa shape index (κ2) is 7.42. The summed E-state index contributed by atoms with van der Waals surface area (Å²) in [7, 11) is 1.64. The molecule has 1 aliphatic heterocycles. The number of carbonyl (C=O) groups is 1. The molecule has 3 heterocycles. The van der Waals surface area contributed by atoms with E-state index in [0.717, 1.165) is 60.6 Å². The highest BCUT2D eigenvalue weighted by Crippen LogP contribution is 2.43. The molecule has 0 atom stereocenters. The highest BCUT2D eigenvalue weighted by molar-refractivity contribution is 6.27. The Balaban J connectivity index is 1.56. The van der Waals surface area contributed by atoms with Gasteiger partial charge in [-0.2, -0.15) is 0 Å². The Morgan fingerprint density at radius 3 is 2.86 bits per heavy atom. The maximum absolute atomic E-state index is 13.2. The van der Waals surface area contributed by atoms with E-state index in [1.807, 2.05) is 24.3 Å². The minimum absolute atomic E-state index is 0.0257. The van der Waals surface area contributed by atoms with Crippen LogP contribution in [0.1, 0.15) is 15.9 Å². The minimum Gasteiger partial charge on any atom is -0.497 e. The van der Waals surface area contributed by atoms with Crippen LogP contribution < -0.4 is 10.1 Å². The number of benzene rings is 1. The van der Waals surface area contributed by atoms with Crippen LogP contribution in [0, 0.1) is 0 Å². The number of rotatable bonds is 5. The van der Waals surface area contributed by atoms with Crippen molar-refractivity contribution in [2.24, 2.45) is 0 Å². The van der Waals surface area contributed by atoms with E-state index in [9.17, 15) is 4.79 Å². The predicted octanol–water partition coefficient (Wildman–Crippen LogP) is 2.59. The third-order valence-electron chi connectivity index (χ3n) is 5.58. The number of hydrogen-bond donors (Lipinski definition) is 1. The fourth-order valence-corrected chi connectivity index (χ4v) is 4.09. The zero-order valence-corrected chi connectivity index (χ0v) is 16.3. The summed E-state index contributed by atoms with van der Waals surface area (Å²) in [4.78, 5) is 24.5. The Labute approximate surface area is 168 Å². The summed E-state index contributed by atoms with van der Waals surface area (Å²) in [6, 6.07) is 7.69. The van der Waals surface area contributed by atoms with Crippen LogP contribution in [0.3, 0.4) is 0 Å². The monoisotopic (exact) mass is 390 g/mol. The SMILES string of the molecule is COc1ccc2c3c(c(NCCN4CCOCC4)nc2c1)C(=O)c1cnccc1-3. The largest absolute Gasteiger partial charge is 0.497 e. The smallest absolute Gasteiger partial charge is 0.199 e. The highest BCUT2D eigenvalue weighted by Gasteiger charge is 2.32. The molecule has 0 saturated carbocycles. The van der Waals surface area contributed by atoms with Crippen molar-refractivity contribution >= 4 is 22.5 Å². The maximum atomic E-state index is 13.2. The second-order valence-corrected chi connectivity index (χ2v) is 7.22. The molecule has 7 heteroatoms. The number of ketones is 1. The fraction of sp³-hybridized carbons (Fsp3) is 0.318. The molecule has 0 radical (unpaired) electrons. The zero-order valence-electron chi connectivity index (χ0n) is 16.3. The van der Waals surface area contributed by atoms with Gasteiger partial charge in [0.2, 0.25) is 0 Å². The van der Waals surface area contributed by atoms with Crippen molar-refractivity contribution in [2.75, 3.05) is 51.8 Å². The number of morpholine rings is 1. The number of carbonyl (C=O) groups excluding carboxylic acids is 1. The van der Waals surface area contributed by atoms with E-state index in [1.165, 1.54) is 0 Å². The van der Waals surface area contributed by atoms with Crippen molar-refractivity contribution in [3.8, 4) is 16.9 Å². The van der Waals surface area contributed by atoms with Crippen LogP contribution in [0.2, 0.25) is 0 Å². The van der Waals surface area contributed by atoms with E-state index in [2.05, 4.69) is 15.2 Å². The van der Waals surface area contributed by atoms with E-state index in [-0.39, 0.29) is 5.78 Å². The number of nitrogens with one attached hydrogen (secondary N) is 1. The van der Waals surface area contributed by atoms with Crippen molar-refractivity contribution in [2.45, 2.75) is 0 Å². The Bertz CT molecular complexity index is 1090. The highest BCUT2D eigenvalue weighted by atomic mass is 16.5. The van der Waals surface area contributed by atoms with Gasteiger partial charge in [0.05, 0.1) is 31.4 Å². The van der Waals surface area contributed by atoms with Gasteiger partial charge in [0, 0.05) is 61.2 Å². The number of pyridine rings is 2. The van der Waals surface area contributed by atoms with Crippen LogP contribution in [0.25, 0.3) is 22.0 Å². The first-order valence-corrected chi connectivity index (χ1v) is 9.81. The van der Waals surface area contributed by atoms with Crippen molar-refractivity contribution in [3.05, 3.63) is 47.8 Å².